The molecule has 1 heterocycles. The third-order valence-electron chi connectivity index (χ3n) is 5.94. The third kappa shape index (κ3) is 4.40. The van der Waals surface area contributed by atoms with Crippen LogP contribution in [0.15, 0.2) is 60.8 Å². The van der Waals surface area contributed by atoms with Crippen molar-refractivity contribution in [3.05, 3.63) is 89.0 Å². The van der Waals surface area contributed by atoms with Crippen LogP contribution >= 0.6 is 0 Å². The first kappa shape index (κ1) is 22.3. The SMILES string of the molecule is [C-]#[N+]c1ccc(C(=O)NC2(c3ccc(-c4cnc(C(F)(F)F)cc4OC)cc3)CCC2)cc1. The van der Waals surface area contributed by atoms with Crippen molar-refractivity contribution in [2.45, 2.75) is 31.0 Å². The summed E-state index contributed by atoms with van der Waals surface area (Å²) in [7, 11) is 1.32. The summed E-state index contributed by atoms with van der Waals surface area (Å²) in [5.74, 6) is -0.136. The standard InChI is InChI=1S/C25H20F3N3O2/c1-29-19-10-6-17(7-11-19)23(32)31-24(12-3-13-24)18-8-4-16(5-9-18)20-15-30-22(25(26,27)28)14-21(20)33-2/h4-11,14-15H,3,12-13H2,2H3,(H,31,32). The highest BCUT2D eigenvalue weighted by Gasteiger charge is 2.40. The molecule has 0 bridgehead atoms. The zero-order valence-corrected chi connectivity index (χ0v) is 17.7. The third-order valence-corrected chi connectivity index (χ3v) is 5.94. The van der Waals surface area contributed by atoms with Gasteiger partial charge in [-0.3, -0.25) is 9.78 Å². The average Bonchev–Trinajstić information content (AvgIpc) is 2.80. The second kappa shape index (κ2) is 8.58. The van der Waals surface area contributed by atoms with Gasteiger partial charge in [0.05, 0.1) is 19.2 Å². The molecular formula is C25H20F3N3O2. The summed E-state index contributed by atoms with van der Waals surface area (Å²) >= 11 is 0. The Morgan fingerprint density at radius 2 is 1.79 bits per heavy atom. The molecule has 5 nitrogen and oxygen atoms in total. The van der Waals surface area contributed by atoms with Crippen LogP contribution in [0.25, 0.3) is 16.0 Å². The number of amides is 1. The number of carbonyl (C=O) groups is 1. The number of alkyl halides is 3. The number of nitrogens with one attached hydrogen (secondary N) is 1. The van der Waals surface area contributed by atoms with E-state index in [1.807, 2.05) is 12.1 Å². The molecular weight excluding hydrogens is 431 g/mol. The Hall–Kier alpha value is -3.86. The molecule has 0 radical (unpaired) electrons. The Morgan fingerprint density at radius 3 is 2.30 bits per heavy atom. The van der Waals surface area contributed by atoms with Gasteiger partial charge in [-0.15, -0.1) is 0 Å². The molecule has 8 heteroatoms. The summed E-state index contributed by atoms with van der Waals surface area (Å²) in [5.41, 5.74) is 1.45. The molecule has 3 aromatic rings. The van der Waals surface area contributed by atoms with Gasteiger partial charge in [0.1, 0.15) is 11.4 Å². The monoisotopic (exact) mass is 451 g/mol. The van der Waals surface area contributed by atoms with E-state index in [2.05, 4.69) is 15.1 Å². The van der Waals surface area contributed by atoms with Gasteiger partial charge in [0.25, 0.3) is 5.91 Å². The minimum Gasteiger partial charge on any atom is -0.496 e. The Labute approximate surface area is 189 Å². The van der Waals surface area contributed by atoms with Crippen molar-refractivity contribution < 1.29 is 22.7 Å². The zero-order chi connectivity index (χ0) is 23.6. The van der Waals surface area contributed by atoms with Crippen LogP contribution in [0.3, 0.4) is 0 Å². The number of hydrogen-bond acceptors (Lipinski definition) is 3. The molecule has 0 atom stereocenters. The van der Waals surface area contributed by atoms with Crippen LogP contribution < -0.4 is 10.1 Å². The Bertz CT molecular complexity index is 1210. The van der Waals surface area contributed by atoms with Crippen LogP contribution in [0.4, 0.5) is 18.9 Å². The molecule has 1 fully saturated rings. The van der Waals surface area contributed by atoms with E-state index in [-0.39, 0.29) is 11.7 Å². The van der Waals surface area contributed by atoms with Gasteiger partial charge in [-0.25, -0.2) is 4.85 Å². The number of ether oxygens (including phenoxy) is 1. The van der Waals surface area contributed by atoms with Crippen LogP contribution in [0.5, 0.6) is 5.75 Å². The number of benzene rings is 2. The molecule has 1 aliphatic carbocycles. The minimum absolute atomic E-state index is 0.0830. The number of carbonyl (C=O) groups excluding carboxylic acids is 1. The number of rotatable bonds is 5. The maximum absolute atomic E-state index is 13.0. The van der Waals surface area contributed by atoms with E-state index in [1.165, 1.54) is 7.11 Å². The fourth-order valence-electron chi connectivity index (χ4n) is 3.94. The Morgan fingerprint density at radius 1 is 1.12 bits per heavy atom. The molecule has 1 aromatic heterocycles. The van der Waals surface area contributed by atoms with Crippen molar-refractivity contribution in [1.82, 2.24) is 10.3 Å². The molecule has 1 saturated carbocycles. The average molecular weight is 451 g/mol. The highest BCUT2D eigenvalue weighted by molar-refractivity contribution is 5.95. The first-order valence-electron chi connectivity index (χ1n) is 10.3. The number of hydrogen-bond donors (Lipinski definition) is 1. The Kier molecular flexibility index (Phi) is 5.81. The first-order valence-corrected chi connectivity index (χ1v) is 10.3. The maximum atomic E-state index is 13.0. The van der Waals surface area contributed by atoms with Crippen LogP contribution in [0.2, 0.25) is 0 Å². The lowest BCUT2D eigenvalue weighted by molar-refractivity contribution is -0.141. The van der Waals surface area contributed by atoms with Gasteiger partial charge in [0.15, 0.2) is 5.69 Å². The summed E-state index contributed by atoms with van der Waals surface area (Å²) in [4.78, 5) is 19.7. The second-order valence-corrected chi connectivity index (χ2v) is 7.89. The largest absolute Gasteiger partial charge is 0.496 e. The molecule has 33 heavy (non-hydrogen) atoms. The van der Waals surface area contributed by atoms with Crippen molar-refractivity contribution in [2.24, 2.45) is 0 Å². The van der Waals surface area contributed by atoms with Gasteiger partial charge in [0.2, 0.25) is 0 Å². The lowest BCUT2D eigenvalue weighted by atomic mass is 9.71. The molecule has 0 spiro atoms. The van der Waals surface area contributed by atoms with Crippen LogP contribution in [0.1, 0.15) is 40.9 Å². The van der Waals surface area contributed by atoms with Gasteiger partial charge in [-0.2, -0.15) is 13.2 Å². The lowest BCUT2D eigenvalue weighted by Gasteiger charge is -2.43. The van der Waals surface area contributed by atoms with E-state index in [9.17, 15) is 18.0 Å². The summed E-state index contributed by atoms with van der Waals surface area (Å²) in [6, 6.07) is 14.7. The van der Waals surface area contributed by atoms with Crippen molar-refractivity contribution >= 4 is 11.6 Å². The van der Waals surface area contributed by atoms with E-state index < -0.39 is 17.4 Å². The number of methoxy groups -OCH3 is 1. The highest BCUT2D eigenvalue weighted by atomic mass is 19.4. The van der Waals surface area contributed by atoms with Gasteiger partial charge in [-0.05, 0) is 30.4 Å². The van der Waals surface area contributed by atoms with E-state index in [1.54, 1.807) is 36.4 Å². The normalized spacial score (nSPS) is 14.6. The summed E-state index contributed by atoms with van der Waals surface area (Å²) in [5, 5.41) is 3.13. The van der Waals surface area contributed by atoms with E-state index in [4.69, 9.17) is 11.3 Å². The maximum Gasteiger partial charge on any atom is 0.433 e. The Balaban J connectivity index is 1.58. The fourth-order valence-corrected chi connectivity index (χ4v) is 3.94. The number of pyridine rings is 1. The topological polar surface area (TPSA) is 55.6 Å². The van der Waals surface area contributed by atoms with E-state index in [0.29, 0.717) is 22.4 Å². The lowest BCUT2D eigenvalue weighted by Crippen LogP contribution is -2.50. The van der Waals surface area contributed by atoms with E-state index >= 15 is 0 Å². The van der Waals surface area contributed by atoms with Crippen LogP contribution in [-0.4, -0.2) is 18.0 Å². The van der Waals surface area contributed by atoms with Crippen LogP contribution in [0, 0.1) is 6.57 Å². The predicted molar refractivity (Wildman–Crippen MR) is 117 cm³/mol. The quantitative estimate of drug-likeness (QED) is 0.475. The summed E-state index contributed by atoms with van der Waals surface area (Å²) in [6.07, 6.45) is -0.868. The molecule has 168 valence electrons. The molecule has 0 saturated heterocycles. The molecule has 1 amide bonds. The number of nitrogens with zero attached hydrogens (tertiary/aromatic N) is 2. The molecule has 4 rings (SSSR count). The molecule has 1 aliphatic rings. The van der Waals surface area contributed by atoms with Crippen molar-refractivity contribution in [3.63, 3.8) is 0 Å². The van der Waals surface area contributed by atoms with Crippen LogP contribution in [-0.2, 0) is 11.7 Å². The second-order valence-electron chi connectivity index (χ2n) is 7.89. The van der Waals surface area contributed by atoms with Crippen molar-refractivity contribution in [1.29, 1.82) is 0 Å². The zero-order valence-electron chi connectivity index (χ0n) is 17.7. The van der Waals surface area contributed by atoms with Gasteiger partial charge < -0.3 is 10.1 Å². The highest BCUT2D eigenvalue weighted by Crippen LogP contribution is 2.43. The summed E-state index contributed by atoms with van der Waals surface area (Å²) in [6.45, 7) is 7.02. The number of halogens is 3. The van der Waals surface area contributed by atoms with Gasteiger partial charge >= 0.3 is 6.18 Å². The van der Waals surface area contributed by atoms with Gasteiger partial charge in [-0.1, -0.05) is 48.5 Å². The number of aromatic nitrogens is 1. The summed E-state index contributed by atoms with van der Waals surface area (Å²) < 4.78 is 44.1. The molecule has 0 aliphatic heterocycles. The predicted octanol–water partition coefficient (Wildman–Crippen LogP) is 6.14. The van der Waals surface area contributed by atoms with Crippen molar-refractivity contribution in [3.8, 4) is 16.9 Å². The smallest absolute Gasteiger partial charge is 0.433 e. The minimum atomic E-state index is -4.55. The molecule has 1 N–H and O–H groups in total. The van der Waals surface area contributed by atoms with Crippen molar-refractivity contribution in [2.75, 3.05) is 7.11 Å². The van der Waals surface area contributed by atoms with E-state index in [0.717, 1.165) is 37.1 Å². The molecule has 2 aromatic carbocycles. The first-order chi connectivity index (χ1) is 15.8. The molecule has 0 unspecified atom stereocenters. The fraction of sp³-hybridized carbons (Fsp3) is 0.240. The van der Waals surface area contributed by atoms with Gasteiger partial charge in [0, 0.05) is 23.4 Å².